The predicted octanol–water partition coefficient (Wildman–Crippen LogP) is 2.61. The number of rotatable bonds is 5. The monoisotopic (exact) mass is 405 g/mol. The number of carbonyl (C=O) groups excluding carboxylic acids is 1. The van der Waals surface area contributed by atoms with Crippen molar-refractivity contribution in [3.05, 3.63) is 53.4 Å². The number of aliphatic hydroxyl groups is 1. The minimum absolute atomic E-state index is 0.0346. The quantitative estimate of drug-likeness (QED) is 0.516. The van der Waals surface area contributed by atoms with E-state index in [9.17, 15) is 34.1 Å². The molecule has 3 atom stereocenters. The molecular weight excluding hydrogens is 389 g/mol. The average molecular weight is 405 g/mol. The maximum Gasteiger partial charge on any atom is 0.336 e. The van der Waals surface area contributed by atoms with Crippen LogP contribution in [-0.4, -0.2) is 43.6 Å². The highest BCUT2D eigenvalue weighted by atomic mass is 32.1. The van der Waals surface area contributed by atoms with E-state index in [4.69, 9.17) is 0 Å². The highest BCUT2D eigenvalue weighted by Gasteiger charge is 2.55. The van der Waals surface area contributed by atoms with Gasteiger partial charge in [0.1, 0.15) is 5.82 Å². The molecule has 28 heavy (non-hydrogen) atoms. The Labute approximate surface area is 162 Å². The second kappa shape index (κ2) is 6.92. The third kappa shape index (κ3) is 3.34. The van der Waals surface area contributed by atoms with Gasteiger partial charge in [-0.2, -0.15) is 0 Å². The summed E-state index contributed by atoms with van der Waals surface area (Å²) in [5, 5.41) is 29.5. The topological polar surface area (TPSA) is 125 Å². The van der Waals surface area contributed by atoms with Gasteiger partial charge in [0, 0.05) is 12.6 Å². The summed E-state index contributed by atoms with van der Waals surface area (Å²) in [6.07, 6.45) is 3.09. The van der Waals surface area contributed by atoms with Crippen LogP contribution in [0.3, 0.4) is 0 Å². The zero-order valence-electron chi connectivity index (χ0n) is 14.6. The normalized spacial score (nSPS) is 26.8. The summed E-state index contributed by atoms with van der Waals surface area (Å²) < 4.78 is 13.1. The molecule has 0 amide bonds. The lowest BCUT2D eigenvalue weighted by molar-refractivity contribution is -0.169. The molecule has 1 aliphatic carbocycles. The van der Waals surface area contributed by atoms with Gasteiger partial charge in [0.2, 0.25) is 5.78 Å². The number of halogens is 1. The van der Waals surface area contributed by atoms with Gasteiger partial charge in [-0.05, 0) is 24.6 Å². The number of thiazole rings is 1. The summed E-state index contributed by atoms with van der Waals surface area (Å²) in [7, 11) is 0. The largest absolute Gasteiger partial charge is 0.481 e. The van der Waals surface area contributed by atoms with E-state index in [0.717, 1.165) is 17.4 Å². The number of carboxylic acids is 2. The molecule has 0 fully saturated rings. The van der Waals surface area contributed by atoms with Gasteiger partial charge in [-0.25, -0.2) is 14.2 Å². The Morgan fingerprint density at radius 1 is 1.18 bits per heavy atom. The lowest BCUT2D eigenvalue weighted by atomic mass is 9.67. The second-order valence-electron chi connectivity index (χ2n) is 6.87. The summed E-state index contributed by atoms with van der Waals surface area (Å²) >= 11 is 0.975. The first-order valence-electron chi connectivity index (χ1n) is 8.21. The fourth-order valence-corrected chi connectivity index (χ4v) is 4.03. The van der Waals surface area contributed by atoms with E-state index < -0.39 is 46.9 Å². The van der Waals surface area contributed by atoms with Crippen molar-refractivity contribution >= 4 is 29.1 Å². The lowest BCUT2D eigenvalue weighted by Crippen LogP contribution is -2.54. The van der Waals surface area contributed by atoms with E-state index in [1.807, 2.05) is 0 Å². The molecule has 3 rings (SSSR count). The number of Topliss-reactive ketones (excluding diaryl/α,β-unsaturated/α-hetero) is 1. The molecule has 0 saturated heterocycles. The number of carboxylic acid groups (broad SMARTS) is 2. The third-order valence-electron chi connectivity index (χ3n) is 4.79. The van der Waals surface area contributed by atoms with Gasteiger partial charge in [-0.3, -0.25) is 9.59 Å². The summed E-state index contributed by atoms with van der Waals surface area (Å²) in [5.74, 6) is -5.61. The highest BCUT2D eigenvalue weighted by Crippen LogP contribution is 2.42. The van der Waals surface area contributed by atoms with Gasteiger partial charge >= 0.3 is 11.9 Å². The number of aliphatic carboxylic acids is 2. The predicted molar refractivity (Wildman–Crippen MR) is 97.4 cm³/mol. The number of carbonyl (C=O) groups is 3. The molecule has 3 N–H and O–H groups in total. The molecule has 1 aromatic carbocycles. The van der Waals surface area contributed by atoms with Gasteiger partial charge in [-0.1, -0.05) is 24.3 Å². The first-order chi connectivity index (χ1) is 13.1. The molecule has 146 valence electrons. The zero-order chi connectivity index (χ0) is 20.7. The molecule has 1 aliphatic rings. The summed E-state index contributed by atoms with van der Waals surface area (Å²) in [4.78, 5) is 40.6. The summed E-state index contributed by atoms with van der Waals surface area (Å²) in [6.45, 7) is 1.27. The zero-order valence-corrected chi connectivity index (χ0v) is 15.4. The van der Waals surface area contributed by atoms with Gasteiger partial charge < -0.3 is 15.3 Å². The standard InChI is InChI=1S/C19H16FNO6S/c1-18(16(23)24)7-6-12(19(27,9-18)17(25)26)14(22)15-21-8-13(28-15)10-2-4-11(20)5-3-10/h2-8,12,27H,9H2,1H3,(H,23,24)(H,25,26). The van der Waals surface area contributed by atoms with E-state index in [0.29, 0.717) is 10.4 Å². The molecule has 0 saturated carbocycles. The number of aromatic nitrogens is 1. The smallest absolute Gasteiger partial charge is 0.336 e. The van der Waals surface area contributed by atoms with Crippen LogP contribution in [0, 0.1) is 17.2 Å². The first-order valence-corrected chi connectivity index (χ1v) is 9.03. The van der Waals surface area contributed by atoms with E-state index in [1.54, 1.807) is 0 Å². The second-order valence-corrected chi connectivity index (χ2v) is 7.90. The van der Waals surface area contributed by atoms with Crippen molar-refractivity contribution in [1.29, 1.82) is 0 Å². The van der Waals surface area contributed by atoms with Gasteiger partial charge in [0.25, 0.3) is 0 Å². The highest BCUT2D eigenvalue weighted by molar-refractivity contribution is 7.17. The van der Waals surface area contributed by atoms with Gasteiger partial charge in [-0.15, -0.1) is 11.3 Å². The molecule has 0 bridgehead atoms. The number of ketones is 1. The first kappa shape index (κ1) is 19.8. The van der Waals surface area contributed by atoms with Crippen LogP contribution in [-0.2, 0) is 9.59 Å². The molecule has 9 heteroatoms. The minimum Gasteiger partial charge on any atom is -0.481 e. The third-order valence-corrected chi connectivity index (χ3v) is 5.86. The maximum absolute atomic E-state index is 13.1. The Bertz CT molecular complexity index is 985. The Hall–Kier alpha value is -2.91. The molecule has 7 nitrogen and oxygen atoms in total. The molecule has 1 heterocycles. The van der Waals surface area contributed by atoms with E-state index in [-0.39, 0.29) is 5.01 Å². The van der Waals surface area contributed by atoms with Crippen molar-refractivity contribution in [3.8, 4) is 10.4 Å². The van der Waals surface area contributed by atoms with Crippen LogP contribution in [0.1, 0.15) is 23.1 Å². The number of hydrogen-bond acceptors (Lipinski definition) is 6. The van der Waals surface area contributed by atoms with Crippen LogP contribution in [0.4, 0.5) is 4.39 Å². The molecule has 0 radical (unpaired) electrons. The number of nitrogens with zero attached hydrogens (tertiary/aromatic N) is 1. The molecule has 1 aromatic heterocycles. The Kier molecular flexibility index (Phi) is 4.90. The summed E-state index contributed by atoms with van der Waals surface area (Å²) in [5.41, 5.74) is -3.57. The van der Waals surface area contributed by atoms with E-state index >= 15 is 0 Å². The Morgan fingerprint density at radius 3 is 2.39 bits per heavy atom. The fourth-order valence-electron chi connectivity index (χ4n) is 3.13. The molecular formula is C19H16FNO6S. The number of hydrogen-bond donors (Lipinski definition) is 3. The average Bonchev–Trinajstić information content (AvgIpc) is 3.12. The molecule has 2 aromatic rings. The molecule has 0 aliphatic heterocycles. The van der Waals surface area contributed by atoms with Crippen molar-refractivity contribution in [2.75, 3.05) is 0 Å². The van der Waals surface area contributed by atoms with Crippen LogP contribution in [0.15, 0.2) is 42.6 Å². The number of benzene rings is 1. The molecule has 3 unspecified atom stereocenters. The van der Waals surface area contributed by atoms with Crippen LogP contribution in [0.25, 0.3) is 10.4 Å². The van der Waals surface area contributed by atoms with Crippen LogP contribution < -0.4 is 0 Å². The van der Waals surface area contributed by atoms with Crippen molar-refractivity contribution in [1.82, 2.24) is 4.98 Å². The fraction of sp³-hybridized carbons (Fsp3) is 0.263. The van der Waals surface area contributed by atoms with Crippen molar-refractivity contribution in [2.45, 2.75) is 18.9 Å². The summed E-state index contributed by atoms with van der Waals surface area (Å²) in [6, 6.07) is 5.56. The van der Waals surface area contributed by atoms with Crippen molar-refractivity contribution < 1.29 is 34.1 Å². The van der Waals surface area contributed by atoms with Crippen LogP contribution in [0.2, 0.25) is 0 Å². The van der Waals surface area contributed by atoms with Crippen molar-refractivity contribution in [3.63, 3.8) is 0 Å². The Balaban J connectivity index is 1.96. The minimum atomic E-state index is -2.58. The lowest BCUT2D eigenvalue weighted by Gasteiger charge is -2.38. The van der Waals surface area contributed by atoms with Crippen molar-refractivity contribution in [2.24, 2.45) is 11.3 Å². The van der Waals surface area contributed by atoms with E-state index in [2.05, 4.69) is 4.98 Å². The maximum atomic E-state index is 13.1. The SMILES string of the molecule is CC1(C(=O)O)C=CC(C(=O)c2ncc(-c3ccc(F)cc3)s2)C(O)(C(=O)O)C1. The van der Waals surface area contributed by atoms with Crippen LogP contribution in [0.5, 0.6) is 0 Å². The van der Waals surface area contributed by atoms with Gasteiger partial charge in [0.15, 0.2) is 10.6 Å². The Morgan fingerprint density at radius 2 is 1.82 bits per heavy atom. The van der Waals surface area contributed by atoms with Crippen LogP contribution >= 0.6 is 11.3 Å². The van der Waals surface area contributed by atoms with Gasteiger partial charge in [0.05, 0.1) is 16.2 Å². The van der Waals surface area contributed by atoms with E-state index in [1.165, 1.54) is 43.5 Å². The molecule has 0 spiro atoms.